The van der Waals surface area contributed by atoms with Gasteiger partial charge in [-0.25, -0.2) is 0 Å². The molecule has 0 spiro atoms. The summed E-state index contributed by atoms with van der Waals surface area (Å²) in [5.41, 5.74) is 1.32. The van der Waals surface area contributed by atoms with Crippen LogP contribution in [0.1, 0.15) is 5.56 Å². The van der Waals surface area contributed by atoms with Crippen LogP contribution in [0.5, 0.6) is 0 Å². The Kier molecular flexibility index (Phi) is 3.45. The second-order valence-electron chi connectivity index (χ2n) is 3.43. The largest absolute Gasteiger partial charge is 0.272 e. The van der Waals surface area contributed by atoms with Gasteiger partial charge >= 0.3 is 0 Å². The van der Waals surface area contributed by atoms with Crippen LogP contribution in [0.25, 0.3) is 0 Å². The van der Waals surface area contributed by atoms with Crippen molar-refractivity contribution >= 4 is 11.8 Å². The predicted molar refractivity (Wildman–Crippen MR) is 64.1 cm³/mol. The molecule has 0 amide bonds. The van der Waals surface area contributed by atoms with Gasteiger partial charge in [-0.2, -0.15) is 5.10 Å². The molecule has 2 aromatic rings. The summed E-state index contributed by atoms with van der Waals surface area (Å²) < 4.78 is 1.96. The number of thioether (sulfide) groups is 1. The van der Waals surface area contributed by atoms with Crippen LogP contribution in [-0.2, 0) is 6.54 Å². The lowest BCUT2D eigenvalue weighted by atomic mass is 10.2. The minimum Gasteiger partial charge on any atom is -0.272 e. The molecule has 78 valence electrons. The van der Waals surface area contributed by atoms with Crippen LogP contribution in [0.4, 0.5) is 0 Å². The van der Waals surface area contributed by atoms with Crippen LogP contribution >= 0.6 is 11.8 Å². The summed E-state index contributed by atoms with van der Waals surface area (Å²) in [5.74, 6) is 1.06. The van der Waals surface area contributed by atoms with E-state index in [4.69, 9.17) is 0 Å². The molecule has 1 aromatic heterocycles. The minimum absolute atomic E-state index is 0.964. The number of hydrogen-bond donors (Lipinski definition) is 0. The van der Waals surface area contributed by atoms with E-state index in [0.29, 0.717) is 0 Å². The monoisotopic (exact) mass is 218 g/mol. The van der Waals surface area contributed by atoms with Gasteiger partial charge in [0, 0.05) is 23.0 Å². The number of rotatable bonds is 4. The topological polar surface area (TPSA) is 17.8 Å². The number of nitrogens with zero attached hydrogens (tertiary/aromatic N) is 2. The molecule has 0 radical (unpaired) electrons. The average molecular weight is 218 g/mol. The van der Waals surface area contributed by atoms with Gasteiger partial charge in [-0.1, -0.05) is 17.7 Å². The Morgan fingerprint density at radius 2 is 2.27 bits per heavy atom. The molecule has 0 bridgehead atoms. The summed E-state index contributed by atoms with van der Waals surface area (Å²) in [6.45, 7) is 3.09. The molecule has 0 atom stereocenters. The first-order valence-corrected chi connectivity index (χ1v) is 6.00. The summed E-state index contributed by atoms with van der Waals surface area (Å²) in [6.07, 6.45) is 3.81. The highest BCUT2D eigenvalue weighted by atomic mass is 32.2. The number of benzene rings is 1. The van der Waals surface area contributed by atoms with Crippen molar-refractivity contribution in [3.8, 4) is 0 Å². The van der Waals surface area contributed by atoms with Crippen LogP contribution in [0.2, 0.25) is 0 Å². The zero-order valence-corrected chi connectivity index (χ0v) is 9.57. The van der Waals surface area contributed by atoms with Gasteiger partial charge in [0.05, 0.1) is 6.54 Å². The van der Waals surface area contributed by atoms with Gasteiger partial charge in [0.1, 0.15) is 0 Å². The first-order chi connectivity index (χ1) is 7.34. The standard InChI is InChI=1S/C12H14N2S/c1-11-4-2-5-12(10-11)15-9-8-14-7-3-6-13-14/h2-7,10H,8-9H2,1H3. The molecule has 3 heteroatoms. The van der Waals surface area contributed by atoms with Crippen LogP contribution in [0.15, 0.2) is 47.6 Å². The Morgan fingerprint density at radius 3 is 3.00 bits per heavy atom. The minimum atomic E-state index is 0.964. The first-order valence-electron chi connectivity index (χ1n) is 5.01. The van der Waals surface area contributed by atoms with Gasteiger partial charge in [-0.3, -0.25) is 4.68 Å². The van der Waals surface area contributed by atoms with E-state index in [1.165, 1.54) is 10.5 Å². The molecule has 0 aliphatic rings. The van der Waals surface area contributed by atoms with E-state index in [0.717, 1.165) is 12.3 Å². The van der Waals surface area contributed by atoms with Crippen molar-refractivity contribution in [3.05, 3.63) is 48.3 Å². The molecular formula is C12H14N2S. The number of aryl methyl sites for hydroxylation is 2. The second kappa shape index (κ2) is 5.03. The molecule has 1 heterocycles. The van der Waals surface area contributed by atoms with Crippen molar-refractivity contribution in [1.29, 1.82) is 0 Å². The van der Waals surface area contributed by atoms with Crippen LogP contribution in [0, 0.1) is 6.92 Å². The van der Waals surface area contributed by atoms with E-state index in [1.807, 2.05) is 34.9 Å². The molecular weight excluding hydrogens is 204 g/mol. The van der Waals surface area contributed by atoms with Crippen LogP contribution < -0.4 is 0 Å². The van der Waals surface area contributed by atoms with E-state index in [2.05, 4.69) is 36.3 Å². The van der Waals surface area contributed by atoms with Gasteiger partial charge in [0.2, 0.25) is 0 Å². The summed E-state index contributed by atoms with van der Waals surface area (Å²) >= 11 is 1.87. The van der Waals surface area contributed by atoms with Gasteiger partial charge in [-0.15, -0.1) is 11.8 Å². The van der Waals surface area contributed by atoms with Crippen molar-refractivity contribution in [1.82, 2.24) is 9.78 Å². The fourth-order valence-electron chi connectivity index (χ4n) is 1.39. The SMILES string of the molecule is Cc1cccc(SCCn2cccn2)c1. The highest BCUT2D eigenvalue weighted by molar-refractivity contribution is 7.99. The summed E-state index contributed by atoms with van der Waals surface area (Å²) in [5, 5.41) is 4.17. The van der Waals surface area contributed by atoms with Gasteiger partial charge in [0.15, 0.2) is 0 Å². The van der Waals surface area contributed by atoms with E-state index < -0.39 is 0 Å². The molecule has 0 unspecified atom stereocenters. The third-order valence-corrected chi connectivity index (χ3v) is 3.11. The summed E-state index contributed by atoms with van der Waals surface area (Å²) in [7, 11) is 0. The number of aromatic nitrogens is 2. The molecule has 2 nitrogen and oxygen atoms in total. The number of hydrogen-bond acceptors (Lipinski definition) is 2. The zero-order chi connectivity index (χ0) is 10.5. The van der Waals surface area contributed by atoms with Gasteiger partial charge in [-0.05, 0) is 25.1 Å². The van der Waals surface area contributed by atoms with Crippen LogP contribution in [0.3, 0.4) is 0 Å². The van der Waals surface area contributed by atoms with E-state index in [1.54, 1.807) is 0 Å². The molecule has 0 N–H and O–H groups in total. The molecule has 0 aliphatic heterocycles. The molecule has 2 rings (SSSR count). The van der Waals surface area contributed by atoms with Crippen molar-refractivity contribution < 1.29 is 0 Å². The third-order valence-electron chi connectivity index (χ3n) is 2.14. The zero-order valence-electron chi connectivity index (χ0n) is 8.76. The normalized spacial score (nSPS) is 10.5. The third kappa shape index (κ3) is 3.13. The molecule has 0 fully saturated rings. The highest BCUT2D eigenvalue weighted by Crippen LogP contribution is 2.18. The van der Waals surface area contributed by atoms with E-state index in [9.17, 15) is 0 Å². The summed E-state index contributed by atoms with van der Waals surface area (Å²) in [4.78, 5) is 1.34. The second-order valence-corrected chi connectivity index (χ2v) is 4.60. The Morgan fingerprint density at radius 1 is 1.33 bits per heavy atom. The quantitative estimate of drug-likeness (QED) is 0.734. The Labute approximate surface area is 94.3 Å². The lowest BCUT2D eigenvalue weighted by molar-refractivity contribution is 0.666. The smallest absolute Gasteiger partial charge is 0.0503 e. The van der Waals surface area contributed by atoms with Crippen molar-refractivity contribution in [2.75, 3.05) is 5.75 Å². The Hall–Kier alpha value is -1.22. The van der Waals surface area contributed by atoms with Crippen molar-refractivity contribution in [2.45, 2.75) is 18.4 Å². The fourth-order valence-corrected chi connectivity index (χ4v) is 2.35. The Bertz CT molecular complexity index is 409. The van der Waals surface area contributed by atoms with Gasteiger partial charge in [0.25, 0.3) is 0 Å². The fraction of sp³-hybridized carbons (Fsp3) is 0.250. The lowest BCUT2D eigenvalue weighted by Crippen LogP contribution is -2.00. The van der Waals surface area contributed by atoms with Crippen molar-refractivity contribution in [3.63, 3.8) is 0 Å². The molecule has 1 aromatic carbocycles. The van der Waals surface area contributed by atoms with E-state index >= 15 is 0 Å². The Balaban J connectivity index is 1.83. The maximum Gasteiger partial charge on any atom is 0.0503 e. The maximum atomic E-state index is 4.17. The molecule has 15 heavy (non-hydrogen) atoms. The highest BCUT2D eigenvalue weighted by Gasteiger charge is 1.95. The summed E-state index contributed by atoms with van der Waals surface area (Å²) in [6, 6.07) is 10.6. The predicted octanol–water partition coefficient (Wildman–Crippen LogP) is 2.98. The van der Waals surface area contributed by atoms with Gasteiger partial charge < -0.3 is 0 Å². The average Bonchev–Trinajstić information content (AvgIpc) is 2.71. The van der Waals surface area contributed by atoms with Crippen LogP contribution in [-0.4, -0.2) is 15.5 Å². The molecule has 0 saturated heterocycles. The molecule has 0 saturated carbocycles. The van der Waals surface area contributed by atoms with Crippen molar-refractivity contribution in [2.24, 2.45) is 0 Å². The maximum absolute atomic E-state index is 4.17. The van der Waals surface area contributed by atoms with E-state index in [-0.39, 0.29) is 0 Å². The first kappa shape index (κ1) is 10.3. The lowest BCUT2D eigenvalue weighted by Gasteiger charge is -2.02. The molecule has 0 aliphatic carbocycles.